The van der Waals surface area contributed by atoms with Gasteiger partial charge in [0, 0.05) is 30.1 Å². The van der Waals surface area contributed by atoms with Gasteiger partial charge in [0.15, 0.2) is 0 Å². The van der Waals surface area contributed by atoms with Gasteiger partial charge in [-0.1, -0.05) is 52.0 Å². The van der Waals surface area contributed by atoms with Gasteiger partial charge >= 0.3 is 19.1 Å². The molecule has 12 heteroatoms. The Balaban J connectivity index is 0.000000224. The summed E-state index contributed by atoms with van der Waals surface area (Å²) >= 11 is 9.20. The van der Waals surface area contributed by atoms with Gasteiger partial charge in [-0.3, -0.25) is 0 Å². The van der Waals surface area contributed by atoms with Gasteiger partial charge in [0.2, 0.25) is 0 Å². The molecule has 0 aliphatic rings. The number of benzene rings is 2. The predicted molar refractivity (Wildman–Crippen MR) is 174 cm³/mol. The van der Waals surface area contributed by atoms with Crippen LogP contribution in [-0.2, 0) is 0 Å². The van der Waals surface area contributed by atoms with E-state index in [1.807, 2.05) is 41.4 Å². The van der Waals surface area contributed by atoms with E-state index < -0.39 is 19.1 Å². The zero-order valence-corrected chi connectivity index (χ0v) is 27.1. The molecule has 0 spiro atoms. The molecule has 212 valence electrons. The molecule has 0 amide bonds. The molecule has 4 N–H and O–H groups in total. The maximum absolute atomic E-state index is 10.8. The van der Waals surface area contributed by atoms with Crippen molar-refractivity contribution in [1.29, 1.82) is 0 Å². The van der Waals surface area contributed by atoms with Crippen LogP contribution in [0.1, 0.15) is 47.0 Å². The quantitative estimate of drug-likeness (QED) is 0.111. The summed E-state index contributed by atoms with van der Waals surface area (Å²) in [5.74, 6) is -1.73. The van der Waals surface area contributed by atoms with Crippen LogP contribution in [0, 0.1) is 0 Å². The first-order chi connectivity index (χ1) is 18.8. The maximum Gasteiger partial charge on any atom is 0.488 e. The van der Waals surface area contributed by atoms with E-state index in [1.165, 1.54) is 27.6 Å². The largest absolute Gasteiger partial charge is 0.488 e. The van der Waals surface area contributed by atoms with Crippen LogP contribution in [-0.4, -0.2) is 49.8 Å². The number of halogens is 1. The average molecular weight is 682 g/mol. The fourth-order valence-corrected chi connectivity index (χ4v) is 6.71. The molecule has 0 fully saturated rings. The lowest BCUT2D eigenvalue weighted by Crippen LogP contribution is -2.29. The molecule has 0 bridgehead atoms. The van der Waals surface area contributed by atoms with Gasteiger partial charge in [0.05, 0.1) is 0 Å². The monoisotopic (exact) mass is 680 g/mol. The molecule has 2 aromatic carbocycles. The zero-order chi connectivity index (χ0) is 29.8. The van der Waals surface area contributed by atoms with E-state index in [1.54, 1.807) is 41.4 Å². The van der Waals surface area contributed by atoms with Crippen molar-refractivity contribution in [3.05, 3.63) is 85.7 Å². The fourth-order valence-electron chi connectivity index (χ4n) is 3.01. The van der Waals surface area contributed by atoms with Crippen LogP contribution in [0.3, 0.4) is 0 Å². The van der Waals surface area contributed by atoms with E-state index in [-0.39, 0.29) is 0 Å². The highest BCUT2D eigenvalue weighted by Gasteiger charge is 2.10. The Kier molecular flexibility index (Phi) is 14.5. The summed E-state index contributed by atoms with van der Waals surface area (Å²) in [6, 6.07) is 18.8. The lowest BCUT2D eigenvalue weighted by atomic mass is 9.81. The molecule has 40 heavy (non-hydrogen) atoms. The second-order valence-electron chi connectivity index (χ2n) is 8.74. The first-order valence-electron chi connectivity index (χ1n) is 12.0. The smallest absolute Gasteiger partial charge is 0.477 e. The van der Waals surface area contributed by atoms with E-state index >= 15 is 0 Å². The minimum atomic E-state index is -1.36. The summed E-state index contributed by atoms with van der Waals surface area (Å²) in [6.07, 6.45) is 0. The number of carbonyl (C=O) groups is 2. The van der Waals surface area contributed by atoms with Crippen LogP contribution in [0.25, 0.3) is 11.1 Å². The van der Waals surface area contributed by atoms with E-state index in [4.69, 9.17) is 20.3 Å². The summed E-state index contributed by atoms with van der Waals surface area (Å²) < 4.78 is 0.824. The summed E-state index contributed by atoms with van der Waals surface area (Å²) in [6.45, 7) is 8.58. The number of thiophene rings is 2. The SMILES string of the molecule is CC(C)Sc1ccc(-c2csc(C(=O)O)c2)cc1.CC(C)Sc1ccc(B(O)O)cc1.O=C(O)c1cc(Br)cs1. The van der Waals surface area contributed by atoms with Crippen molar-refractivity contribution in [2.24, 2.45) is 0 Å². The van der Waals surface area contributed by atoms with Crippen molar-refractivity contribution >= 4 is 86.6 Å². The molecule has 4 rings (SSSR count). The van der Waals surface area contributed by atoms with E-state index in [0.29, 0.717) is 25.7 Å². The van der Waals surface area contributed by atoms with Crippen molar-refractivity contribution in [3.63, 3.8) is 0 Å². The Morgan fingerprint density at radius 3 is 1.52 bits per heavy atom. The van der Waals surface area contributed by atoms with Crippen molar-refractivity contribution in [1.82, 2.24) is 0 Å². The van der Waals surface area contributed by atoms with Crippen LogP contribution in [0.4, 0.5) is 0 Å². The van der Waals surface area contributed by atoms with Crippen LogP contribution in [0.5, 0.6) is 0 Å². The molecule has 2 aromatic heterocycles. The lowest BCUT2D eigenvalue weighted by Gasteiger charge is -2.05. The molecule has 0 aliphatic heterocycles. The van der Waals surface area contributed by atoms with Crippen LogP contribution in [0.15, 0.2) is 85.7 Å². The molecule has 6 nitrogen and oxygen atoms in total. The van der Waals surface area contributed by atoms with Gasteiger partial charge in [-0.2, -0.15) is 0 Å². The van der Waals surface area contributed by atoms with Crippen molar-refractivity contribution in [3.8, 4) is 11.1 Å². The van der Waals surface area contributed by atoms with Gasteiger partial charge in [-0.15, -0.1) is 46.2 Å². The molecule has 0 aliphatic carbocycles. The highest BCUT2D eigenvalue weighted by molar-refractivity contribution is 9.10. The normalized spacial score (nSPS) is 10.4. The van der Waals surface area contributed by atoms with Gasteiger partial charge in [-0.05, 0) is 74.3 Å². The van der Waals surface area contributed by atoms with Crippen LogP contribution >= 0.6 is 62.1 Å². The topological polar surface area (TPSA) is 115 Å². The number of aromatic carboxylic acids is 2. The number of carboxylic acid groups (broad SMARTS) is 2. The molecule has 0 atom stereocenters. The Morgan fingerprint density at radius 2 is 1.18 bits per heavy atom. The molecule has 2 heterocycles. The minimum absolute atomic E-state index is 0.363. The number of thioether (sulfide) groups is 2. The van der Waals surface area contributed by atoms with E-state index in [0.717, 1.165) is 20.5 Å². The fraction of sp³-hybridized carbons (Fsp3) is 0.214. The highest BCUT2D eigenvalue weighted by atomic mass is 79.9. The first-order valence-corrected chi connectivity index (χ1v) is 16.4. The number of rotatable bonds is 8. The number of hydrogen-bond donors (Lipinski definition) is 4. The number of carboxylic acids is 2. The molecular weight excluding hydrogens is 651 g/mol. The molecule has 0 saturated carbocycles. The summed E-state index contributed by atoms with van der Waals surface area (Å²) in [7, 11) is -1.36. The zero-order valence-electron chi connectivity index (χ0n) is 22.3. The summed E-state index contributed by atoms with van der Waals surface area (Å²) in [4.78, 5) is 24.2. The van der Waals surface area contributed by atoms with Crippen molar-refractivity contribution in [2.75, 3.05) is 0 Å². The second-order valence-corrected chi connectivity index (χ2v) is 14.8. The van der Waals surface area contributed by atoms with Gasteiger partial charge in [-0.25, -0.2) is 9.59 Å². The molecule has 4 aromatic rings. The Hall–Kier alpha value is -2.06. The molecule has 0 saturated heterocycles. The minimum Gasteiger partial charge on any atom is -0.477 e. The average Bonchev–Trinajstić information content (AvgIpc) is 3.55. The summed E-state index contributed by atoms with van der Waals surface area (Å²) in [5, 5.41) is 39.7. The molecule has 0 unspecified atom stereocenters. The maximum atomic E-state index is 10.8. The predicted octanol–water partition coefficient (Wildman–Crippen LogP) is 7.69. The summed E-state index contributed by atoms with van der Waals surface area (Å²) in [5.41, 5.74) is 2.57. The second kappa shape index (κ2) is 17.0. The Bertz CT molecular complexity index is 1350. The van der Waals surface area contributed by atoms with Crippen LogP contribution in [0.2, 0.25) is 0 Å². The van der Waals surface area contributed by atoms with E-state index in [2.05, 4.69) is 55.8 Å². The molecular formula is C28H30BBrO6S4. The van der Waals surface area contributed by atoms with Gasteiger partial charge in [0.1, 0.15) is 9.75 Å². The van der Waals surface area contributed by atoms with Gasteiger partial charge < -0.3 is 20.3 Å². The van der Waals surface area contributed by atoms with Gasteiger partial charge in [0.25, 0.3) is 0 Å². The van der Waals surface area contributed by atoms with E-state index in [9.17, 15) is 9.59 Å². The lowest BCUT2D eigenvalue weighted by molar-refractivity contribution is 0.0691. The third kappa shape index (κ3) is 12.2. The van der Waals surface area contributed by atoms with Crippen LogP contribution < -0.4 is 5.46 Å². The van der Waals surface area contributed by atoms with Crippen molar-refractivity contribution < 1.29 is 29.9 Å². The van der Waals surface area contributed by atoms with Crippen molar-refractivity contribution in [2.45, 2.75) is 48.0 Å². The molecule has 0 radical (unpaired) electrons. The third-order valence-electron chi connectivity index (χ3n) is 4.70. The highest BCUT2D eigenvalue weighted by Crippen LogP contribution is 2.29. The Labute approximate surface area is 259 Å². The third-order valence-corrected chi connectivity index (χ3v) is 9.33. The first kappa shape index (κ1) is 34.1. The Morgan fingerprint density at radius 1 is 0.725 bits per heavy atom. The standard InChI is InChI=1S/C14H14O2S2.C9H13BO2S.C5H3BrO2S/c1-9(2)18-12-5-3-10(4-6-12)11-7-13(14(15)16)17-8-11;1-7(2)13-9-5-3-8(4-6-9)10(11)12;6-3-1-4(5(7)8)9-2-3/h3-9H,1-2H3,(H,15,16);3-7,11-12H,1-2H3;1-2H,(H,7,8). The number of hydrogen-bond acceptors (Lipinski definition) is 8.